The van der Waals surface area contributed by atoms with E-state index in [0.717, 1.165) is 0 Å². The number of carbonyl (C=O) groups is 2. The second kappa shape index (κ2) is 6.53. The lowest BCUT2D eigenvalue weighted by atomic mass is 10.0. The van der Waals surface area contributed by atoms with Crippen LogP contribution in [0, 0.1) is 11.7 Å². The van der Waals surface area contributed by atoms with Crippen LogP contribution in [0.2, 0.25) is 0 Å². The molecule has 2 atom stereocenters. The van der Waals surface area contributed by atoms with E-state index in [-0.39, 0.29) is 25.3 Å². The molecule has 0 radical (unpaired) electrons. The Hall–Kier alpha value is -1.47. The summed E-state index contributed by atoms with van der Waals surface area (Å²) in [5.41, 5.74) is -0.0876. The molecule has 1 fully saturated rings. The minimum absolute atomic E-state index is 0.0578. The number of likely N-dealkylation sites (N-methyl/N-ethyl adjacent to an activating group) is 1. The quantitative estimate of drug-likeness (QED) is 0.894. The highest BCUT2D eigenvalue weighted by molar-refractivity contribution is 9.10. The van der Waals surface area contributed by atoms with E-state index < -0.39 is 29.7 Å². The maximum absolute atomic E-state index is 13.9. The van der Waals surface area contributed by atoms with E-state index in [1.807, 2.05) is 0 Å². The Bertz CT molecular complexity index is 546. The van der Waals surface area contributed by atoms with Gasteiger partial charge in [0.25, 0.3) is 5.91 Å². The van der Waals surface area contributed by atoms with Gasteiger partial charge in [-0.25, -0.2) is 4.39 Å². The Morgan fingerprint density at radius 3 is 2.76 bits per heavy atom. The van der Waals surface area contributed by atoms with Gasteiger partial charge in [0.1, 0.15) is 11.7 Å². The molecule has 0 spiro atoms. The number of aliphatic carboxylic acids is 1. The number of nitrogens with zero attached hydrogens (tertiary/aromatic N) is 1. The van der Waals surface area contributed by atoms with Gasteiger partial charge >= 0.3 is 5.97 Å². The largest absolute Gasteiger partial charge is 0.481 e. The number of ether oxygens (including phenoxy) is 1. The summed E-state index contributed by atoms with van der Waals surface area (Å²) in [5, 5.41) is 9.19. The molecule has 0 bridgehead atoms. The van der Waals surface area contributed by atoms with Crippen molar-refractivity contribution < 1.29 is 23.8 Å². The van der Waals surface area contributed by atoms with Crippen molar-refractivity contribution in [2.75, 3.05) is 19.8 Å². The molecule has 1 aromatic carbocycles. The molecule has 1 aliphatic rings. The van der Waals surface area contributed by atoms with Crippen molar-refractivity contribution in [1.82, 2.24) is 4.90 Å². The first-order valence-corrected chi connectivity index (χ1v) is 7.32. The van der Waals surface area contributed by atoms with Gasteiger partial charge in [0.15, 0.2) is 0 Å². The zero-order valence-corrected chi connectivity index (χ0v) is 13.0. The molecule has 1 aliphatic heterocycles. The lowest BCUT2D eigenvalue weighted by Crippen LogP contribution is -2.46. The van der Waals surface area contributed by atoms with E-state index in [4.69, 9.17) is 4.74 Å². The third-order valence-electron chi connectivity index (χ3n) is 3.55. The number of hydrogen-bond acceptors (Lipinski definition) is 3. The molecule has 0 saturated carbocycles. The highest BCUT2D eigenvalue weighted by Crippen LogP contribution is 2.26. The first-order valence-electron chi connectivity index (χ1n) is 6.52. The molecule has 7 heteroatoms. The van der Waals surface area contributed by atoms with Crippen molar-refractivity contribution in [2.45, 2.75) is 13.0 Å². The molecule has 21 heavy (non-hydrogen) atoms. The zero-order valence-electron chi connectivity index (χ0n) is 11.4. The normalized spacial score (nSPS) is 21.3. The molecule has 114 valence electrons. The number of rotatable bonds is 4. The summed E-state index contributed by atoms with van der Waals surface area (Å²) < 4.78 is 19.4. The monoisotopic (exact) mass is 359 g/mol. The molecule has 2 rings (SSSR count). The highest BCUT2D eigenvalue weighted by atomic mass is 79.9. The van der Waals surface area contributed by atoms with E-state index in [9.17, 15) is 19.1 Å². The van der Waals surface area contributed by atoms with Gasteiger partial charge in [-0.05, 0) is 35.0 Å². The van der Waals surface area contributed by atoms with Gasteiger partial charge < -0.3 is 14.7 Å². The fraction of sp³-hybridized carbons (Fsp3) is 0.429. The first kappa shape index (κ1) is 15.9. The van der Waals surface area contributed by atoms with Crippen LogP contribution < -0.4 is 0 Å². The maximum Gasteiger partial charge on any atom is 0.311 e. The van der Waals surface area contributed by atoms with E-state index in [0.29, 0.717) is 4.47 Å². The molecule has 1 N–H and O–H groups in total. The summed E-state index contributed by atoms with van der Waals surface area (Å²) in [4.78, 5) is 25.2. The molecule has 1 amide bonds. The summed E-state index contributed by atoms with van der Waals surface area (Å²) in [6.07, 6.45) is 0. The third-order valence-corrected chi connectivity index (χ3v) is 4.21. The van der Waals surface area contributed by atoms with Gasteiger partial charge in [-0.2, -0.15) is 0 Å². The predicted molar refractivity (Wildman–Crippen MR) is 76.5 cm³/mol. The number of carboxylic acid groups (broad SMARTS) is 1. The SMILES string of the molecule is CCN(C(=O)c1c(F)cccc1Br)C1COCC1C(=O)O. The van der Waals surface area contributed by atoms with Gasteiger partial charge in [-0.15, -0.1) is 0 Å². The van der Waals surface area contributed by atoms with Crippen LogP contribution in [0.5, 0.6) is 0 Å². The van der Waals surface area contributed by atoms with Crippen LogP contribution in [-0.2, 0) is 9.53 Å². The number of benzene rings is 1. The lowest BCUT2D eigenvalue weighted by Gasteiger charge is -2.29. The summed E-state index contributed by atoms with van der Waals surface area (Å²) in [7, 11) is 0. The maximum atomic E-state index is 13.9. The molecule has 0 aliphatic carbocycles. The number of hydrogen-bond donors (Lipinski definition) is 1. The minimum atomic E-state index is -1.02. The Kier molecular flexibility index (Phi) is 4.95. The van der Waals surface area contributed by atoms with Crippen molar-refractivity contribution >= 4 is 27.8 Å². The molecule has 0 aromatic heterocycles. The van der Waals surface area contributed by atoms with Crippen LogP contribution in [0.1, 0.15) is 17.3 Å². The average Bonchev–Trinajstić information content (AvgIpc) is 2.88. The third kappa shape index (κ3) is 3.08. The summed E-state index contributed by atoms with van der Waals surface area (Å²) in [6.45, 7) is 2.20. The van der Waals surface area contributed by atoms with Crippen molar-refractivity contribution in [1.29, 1.82) is 0 Å². The molecule has 1 saturated heterocycles. The Morgan fingerprint density at radius 1 is 1.48 bits per heavy atom. The van der Waals surface area contributed by atoms with Crippen LogP contribution in [0.25, 0.3) is 0 Å². The lowest BCUT2D eigenvalue weighted by molar-refractivity contribution is -0.142. The van der Waals surface area contributed by atoms with Gasteiger partial charge in [0.2, 0.25) is 0 Å². The van der Waals surface area contributed by atoms with Crippen molar-refractivity contribution in [3.8, 4) is 0 Å². The number of halogens is 2. The van der Waals surface area contributed by atoms with Gasteiger partial charge in [-0.3, -0.25) is 9.59 Å². The summed E-state index contributed by atoms with van der Waals surface area (Å²) in [5.74, 6) is -2.99. The number of carboxylic acids is 1. The Morgan fingerprint density at radius 2 is 2.19 bits per heavy atom. The predicted octanol–water partition coefficient (Wildman–Crippen LogP) is 2.15. The Balaban J connectivity index is 2.33. The number of amides is 1. The van der Waals surface area contributed by atoms with Crippen molar-refractivity contribution in [3.05, 3.63) is 34.1 Å². The zero-order chi connectivity index (χ0) is 15.6. The fourth-order valence-corrected chi connectivity index (χ4v) is 2.97. The first-order chi connectivity index (χ1) is 9.97. The summed E-state index contributed by atoms with van der Waals surface area (Å²) in [6, 6.07) is 3.67. The number of carbonyl (C=O) groups excluding carboxylic acids is 1. The van der Waals surface area contributed by atoms with Gasteiger partial charge in [-0.1, -0.05) is 6.07 Å². The molecule has 1 heterocycles. The standard InChI is InChI=1S/C14H15BrFNO4/c1-2-17(11-7-21-6-8(11)14(19)20)13(18)12-9(15)4-3-5-10(12)16/h3-5,8,11H,2,6-7H2,1H3,(H,19,20). The van der Waals surface area contributed by atoms with Crippen LogP contribution >= 0.6 is 15.9 Å². The second-order valence-electron chi connectivity index (χ2n) is 4.74. The molecular formula is C14H15BrFNO4. The topological polar surface area (TPSA) is 66.8 Å². The van der Waals surface area contributed by atoms with Crippen LogP contribution in [0.3, 0.4) is 0 Å². The van der Waals surface area contributed by atoms with E-state index in [2.05, 4.69) is 15.9 Å². The molecular weight excluding hydrogens is 345 g/mol. The fourth-order valence-electron chi connectivity index (χ4n) is 2.46. The van der Waals surface area contributed by atoms with Crippen LogP contribution in [0.4, 0.5) is 4.39 Å². The van der Waals surface area contributed by atoms with Crippen molar-refractivity contribution in [3.63, 3.8) is 0 Å². The Labute approximate surface area is 129 Å². The van der Waals surface area contributed by atoms with Crippen LogP contribution in [0.15, 0.2) is 22.7 Å². The molecule has 5 nitrogen and oxygen atoms in total. The van der Waals surface area contributed by atoms with Crippen molar-refractivity contribution in [2.24, 2.45) is 5.92 Å². The molecule has 1 aromatic rings. The highest BCUT2D eigenvalue weighted by Gasteiger charge is 2.40. The average molecular weight is 360 g/mol. The van der Waals surface area contributed by atoms with Gasteiger partial charge in [0, 0.05) is 11.0 Å². The van der Waals surface area contributed by atoms with Gasteiger partial charge in [0.05, 0.1) is 24.8 Å². The minimum Gasteiger partial charge on any atom is -0.481 e. The smallest absolute Gasteiger partial charge is 0.311 e. The summed E-state index contributed by atoms with van der Waals surface area (Å²) >= 11 is 3.16. The second-order valence-corrected chi connectivity index (χ2v) is 5.59. The van der Waals surface area contributed by atoms with Crippen LogP contribution in [-0.4, -0.2) is 47.7 Å². The van der Waals surface area contributed by atoms with E-state index >= 15 is 0 Å². The van der Waals surface area contributed by atoms with E-state index in [1.165, 1.54) is 17.0 Å². The van der Waals surface area contributed by atoms with E-state index in [1.54, 1.807) is 13.0 Å². The molecule has 2 unspecified atom stereocenters.